The third kappa shape index (κ3) is 2.56. The van der Waals surface area contributed by atoms with Gasteiger partial charge in [-0.15, -0.1) is 0 Å². The maximum absolute atomic E-state index is 5.69. The molecule has 0 radical (unpaired) electrons. The molecule has 0 aliphatic carbocycles. The Hall–Kier alpha value is -1.35. The number of nitrogens with zero attached hydrogens (tertiary/aromatic N) is 2. The highest BCUT2D eigenvalue weighted by Gasteiger charge is 2.11. The number of hydrogen-bond acceptors (Lipinski definition) is 2. The van der Waals surface area contributed by atoms with Crippen molar-refractivity contribution in [2.24, 2.45) is 11.7 Å². The number of hydrogen-bond donors (Lipinski definition) is 1. The van der Waals surface area contributed by atoms with Crippen LogP contribution in [0.25, 0.3) is 11.0 Å². The minimum absolute atomic E-state index is 0.579. The molecule has 2 aromatic rings. The van der Waals surface area contributed by atoms with Gasteiger partial charge in [0.05, 0.1) is 11.0 Å². The monoisotopic (exact) mass is 245 g/mol. The van der Waals surface area contributed by atoms with Crippen molar-refractivity contribution in [2.45, 2.75) is 46.7 Å². The van der Waals surface area contributed by atoms with Gasteiger partial charge in [0.15, 0.2) is 0 Å². The summed E-state index contributed by atoms with van der Waals surface area (Å²) in [6.07, 6.45) is 2.17. The van der Waals surface area contributed by atoms with Crippen LogP contribution in [0.2, 0.25) is 0 Å². The molecule has 18 heavy (non-hydrogen) atoms. The quantitative estimate of drug-likeness (QED) is 0.879. The predicted molar refractivity (Wildman–Crippen MR) is 76.5 cm³/mol. The molecule has 0 unspecified atom stereocenters. The van der Waals surface area contributed by atoms with Gasteiger partial charge >= 0.3 is 0 Å². The minimum Gasteiger partial charge on any atom is -0.328 e. The lowest BCUT2D eigenvalue weighted by Crippen LogP contribution is -2.08. The highest BCUT2D eigenvalue weighted by Crippen LogP contribution is 2.20. The van der Waals surface area contributed by atoms with Crippen LogP contribution in [0.1, 0.15) is 38.6 Å². The zero-order chi connectivity index (χ0) is 13.1. The van der Waals surface area contributed by atoms with Crippen molar-refractivity contribution in [2.75, 3.05) is 0 Å². The number of nitrogens with two attached hydrogens (primary N) is 1. The first-order valence-corrected chi connectivity index (χ1v) is 6.83. The van der Waals surface area contributed by atoms with Gasteiger partial charge in [0.2, 0.25) is 0 Å². The van der Waals surface area contributed by atoms with E-state index in [9.17, 15) is 0 Å². The number of aryl methyl sites for hydroxylation is 1. The zero-order valence-corrected chi connectivity index (χ0v) is 11.6. The van der Waals surface area contributed by atoms with Crippen molar-refractivity contribution < 1.29 is 0 Å². The van der Waals surface area contributed by atoms with Gasteiger partial charge in [-0.2, -0.15) is 0 Å². The van der Waals surface area contributed by atoms with E-state index in [1.807, 2.05) is 0 Å². The predicted octanol–water partition coefficient (Wildman–Crippen LogP) is 3.10. The van der Waals surface area contributed by atoms with Crippen LogP contribution < -0.4 is 5.73 Å². The molecule has 0 fully saturated rings. The van der Waals surface area contributed by atoms with Crippen LogP contribution in [0.3, 0.4) is 0 Å². The normalized spacial score (nSPS) is 11.6. The largest absolute Gasteiger partial charge is 0.328 e. The second-order valence-corrected chi connectivity index (χ2v) is 5.31. The van der Waals surface area contributed by atoms with Crippen molar-refractivity contribution in [1.82, 2.24) is 9.55 Å². The molecule has 0 spiro atoms. The van der Waals surface area contributed by atoms with E-state index in [1.165, 1.54) is 11.3 Å². The summed E-state index contributed by atoms with van der Waals surface area (Å²) in [4.78, 5) is 4.77. The van der Waals surface area contributed by atoms with E-state index in [1.54, 1.807) is 0 Å². The van der Waals surface area contributed by atoms with Gasteiger partial charge in [0.1, 0.15) is 5.82 Å². The summed E-state index contributed by atoms with van der Waals surface area (Å²) >= 11 is 0. The fraction of sp³-hybridized carbons (Fsp3) is 0.533. The van der Waals surface area contributed by atoms with Gasteiger partial charge in [-0.3, -0.25) is 0 Å². The van der Waals surface area contributed by atoms with Crippen LogP contribution in [0.15, 0.2) is 18.2 Å². The van der Waals surface area contributed by atoms with E-state index in [4.69, 9.17) is 10.7 Å². The molecule has 98 valence electrons. The standard InChI is InChI=1S/C15H23N3/c1-4-5-15-17-13-8-12(9-16)6-7-14(13)18(15)10-11(2)3/h6-8,11H,4-5,9-10,16H2,1-3H3. The SMILES string of the molecule is CCCc1nc2cc(CN)ccc2n1CC(C)C. The molecule has 1 heterocycles. The van der Waals surface area contributed by atoms with Crippen LogP contribution in [0.4, 0.5) is 0 Å². The van der Waals surface area contributed by atoms with Crippen molar-refractivity contribution in [1.29, 1.82) is 0 Å². The highest BCUT2D eigenvalue weighted by atomic mass is 15.1. The van der Waals surface area contributed by atoms with E-state index >= 15 is 0 Å². The summed E-state index contributed by atoms with van der Waals surface area (Å²) in [6, 6.07) is 6.38. The van der Waals surface area contributed by atoms with Gasteiger partial charge < -0.3 is 10.3 Å². The number of imidazole rings is 1. The molecule has 2 N–H and O–H groups in total. The Labute approximate surface area is 109 Å². The maximum Gasteiger partial charge on any atom is 0.109 e. The molecule has 0 atom stereocenters. The van der Waals surface area contributed by atoms with Crippen LogP contribution in [0, 0.1) is 5.92 Å². The van der Waals surface area contributed by atoms with E-state index in [-0.39, 0.29) is 0 Å². The summed E-state index contributed by atoms with van der Waals surface area (Å²) < 4.78 is 2.36. The second-order valence-electron chi connectivity index (χ2n) is 5.31. The molecule has 2 rings (SSSR count). The second kappa shape index (κ2) is 5.53. The van der Waals surface area contributed by atoms with Crippen LogP contribution in [-0.2, 0) is 19.5 Å². The molecular weight excluding hydrogens is 222 g/mol. The molecule has 1 aromatic carbocycles. The highest BCUT2D eigenvalue weighted by molar-refractivity contribution is 5.77. The van der Waals surface area contributed by atoms with Gasteiger partial charge in [0, 0.05) is 19.5 Å². The Morgan fingerprint density at radius 1 is 1.33 bits per heavy atom. The van der Waals surface area contributed by atoms with Crippen molar-refractivity contribution in [3.8, 4) is 0 Å². The smallest absolute Gasteiger partial charge is 0.109 e. The number of fused-ring (bicyclic) bond motifs is 1. The Morgan fingerprint density at radius 2 is 2.11 bits per heavy atom. The molecule has 0 aliphatic rings. The van der Waals surface area contributed by atoms with E-state index in [0.29, 0.717) is 12.5 Å². The minimum atomic E-state index is 0.579. The van der Waals surface area contributed by atoms with Crippen LogP contribution >= 0.6 is 0 Å². The van der Waals surface area contributed by atoms with Gasteiger partial charge in [-0.1, -0.05) is 26.8 Å². The molecule has 1 aromatic heterocycles. The fourth-order valence-electron chi connectivity index (χ4n) is 2.34. The summed E-state index contributed by atoms with van der Waals surface area (Å²) in [7, 11) is 0. The lowest BCUT2D eigenvalue weighted by molar-refractivity contribution is 0.515. The molecule has 0 aliphatic heterocycles. The van der Waals surface area contributed by atoms with Gasteiger partial charge in [0.25, 0.3) is 0 Å². The average molecular weight is 245 g/mol. The maximum atomic E-state index is 5.69. The number of rotatable bonds is 5. The Balaban J connectivity index is 2.52. The van der Waals surface area contributed by atoms with E-state index in [2.05, 4.69) is 43.5 Å². The summed E-state index contributed by atoms with van der Waals surface area (Å²) in [5, 5.41) is 0. The molecule has 0 bridgehead atoms. The Bertz CT molecular complexity index is 526. The first-order chi connectivity index (χ1) is 8.65. The molecular formula is C15H23N3. The fourth-order valence-corrected chi connectivity index (χ4v) is 2.34. The molecule has 0 saturated heterocycles. The summed E-state index contributed by atoms with van der Waals surface area (Å²) in [5.74, 6) is 1.84. The van der Waals surface area contributed by atoms with Crippen molar-refractivity contribution in [3.05, 3.63) is 29.6 Å². The lowest BCUT2D eigenvalue weighted by atomic mass is 10.2. The first-order valence-electron chi connectivity index (χ1n) is 6.83. The third-order valence-electron chi connectivity index (χ3n) is 3.15. The molecule has 3 nitrogen and oxygen atoms in total. The van der Waals surface area contributed by atoms with E-state index in [0.717, 1.165) is 30.5 Å². The molecule has 0 amide bonds. The van der Waals surface area contributed by atoms with Crippen molar-refractivity contribution in [3.63, 3.8) is 0 Å². The summed E-state index contributed by atoms with van der Waals surface area (Å²) in [5.41, 5.74) is 9.17. The molecule has 0 saturated carbocycles. The topological polar surface area (TPSA) is 43.8 Å². The zero-order valence-electron chi connectivity index (χ0n) is 11.6. The Kier molecular flexibility index (Phi) is 4.02. The third-order valence-corrected chi connectivity index (χ3v) is 3.15. The van der Waals surface area contributed by atoms with E-state index < -0.39 is 0 Å². The first kappa shape index (κ1) is 13.1. The van der Waals surface area contributed by atoms with Gasteiger partial charge in [-0.25, -0.2) is 4.98 Å². The Morgan fingerprint density at radius 3 is 2.72 bits per heavy atom. The van der Waals surface area contributed by atoms with Crippen molar-refractivity contribution >= 4 is 11.0 Å². The van der Waals surface area contributed by atoms with Crippen LogP contribution in [0.5, 0.6) is 0 Å². The van der Waals surface area contributed by atoms with Crippen LogP contribution in [-0.4, -0.2) is 9.55 Å². The molecule has 3 heteroatoms. The average Bonchev–Trinajstić information content (AvgIpc) is 2.66. The van der Waals surface area contributed by atoms with Gasteiger partial charge in [-0.05, 0) is 30.0 Å². The summed E-state index contributed by atoms with van der Waals surface area (Å²) in [6.45, 7) is 8.31. The number of benzene rings is 1. The lowest BCUT2D eigenvalue weighted by Gasteiger charge is -2.11. The number of aromatic nitrogens is 2.